The van der Waals surface area contributed by atoms with Crippen LogP contribution in [0, 0.1) is 5.92 Å². The van der Waals surface area contributed by atoms with E-state index in [9.17, 15) is 5.11 Å². The van der Waals surface area contributed by atoms with Crippen LogP contribution in [0.2, 0.25) is 0 Å². The second-order valence-corrected chi connectivity index (χ2v) is 8.98. The zero-order chi connectivity index (χ0) is 18.7. The molecule has 134 valence electrons. The predicted octanol–water partition coefficient (Wildman–Crippen LogP) is 6.13. The maximum atomic E-state index is 11.0. The molecule has 0 bridgehead atoms. The van der Waals surface area contributed by atoms with Crippen LogP contribution in [0.15, 0.2) is 60.7 Å². The highest BCUT2D eigenvalue weighted by Gasteiger charge is 2.48. The van der Waals surface area contributed by atoms with Crippen molar-refractivity contribution < 1.29 is 5.11 Å². The van der Waals surface area contributed by atoms with Crippen molar-refractivity contribution in [3.63, 3.8) is 0 Å². The average molecular weight is 344 g/mol. The van der Waals surface area contributed by atoms with Gasteiger partial charge in [0.05, 0.1) is 0 Å². The van der Waals surface area contributed by atoms with E-state index < -0.39 is 6.10 Å². The zero-order valence-electron chi connectivity index (χ0n) is 16.4. The van der Waals surface area contributed by atoms with Crippen LogP contribution in [0.3, 0.4) is 0 Å². The zero-order valence-corrected chi connectivity index (χ0v) is 16.4. The molecule has 1 nitrogen and oxygen atoms in total. The highest BCUT2D eigenvalue weighted by Crippen LogP contribution is 2.54. The Kier molecular flexibility index (Phi) is 3.79. The van der Waals surface area contributed by atoms with Gasteiger partial charge in [0.2, 0.25) is 0 Å². The minimum atomic E-state index is -0.597. The Morgan fingerprint density at radius 1 is 0.731 bits per heavy atom. The van der Waals surface area contributed by atoms with Crippen molar-refractivity contribution in [2.45, 2.75) is 51.6 Å². The molecule has 0 spiro atoms. The molecule has 0 aliphatic heterocycles. The van der Waals surface area contributed by atoms with Gasteiger partial charge in [-0.3, -0.25) is 0 Å². The van der Waals surface area contributed by atoms with E-state index in [4.69, 9.17) is 0 Å². The molecule has 2 atom stereocenters. The molecular formula is C25H28O. The van der Waals surface area contributed by atoms with Gasteiger partial charge in [-0.15, -0.1) is 0 Å². The number of aliphatic hydroxyl groups is 1. The van der Waals surface area contributed by atoms with Gasteiger partial charge >= 0.3 is 0 Å². The molecule has 2 unspecified atom stereocenters. The SMILES string of the molecule is CC1C(C)(C)c2ccc(C(O)c3ccc4ccccc4c3)cc2C1(C)C. The molecule has 0 saturated heterocycles. The normalized spacial score (nSPS) is 21.5. The van der Waals surface area contributed by atoms with Crippen LogP contribution in [0.4, 0.5) is 0 Å². The summed E-state index contributed by atoms with van der Waals surface area (Å²) < 4.78 is 0. The largest absolute Gasteiger partial charge is 0.384 e. The van der Waals surface area contributed by atoms with Gasteiger partial charge in [0.1, 0.15) is 6.10 Å². The predicted molar refractivity (Wildman–Crippen MR) is 110 cm³/mol. The first-order valence-electron chi connectivity index (χ1n) is 9.54. The lowest BCUT2D eigenvalue weighted by Crippen LogP contribution is -2.30. The third kappa shape index (κ3) is 2.41. The first-order valence-corrected chi connectivity index (χ1v) is 9.54. The van der Waals surface area contributed by atoms with E-state index in [1.807, 2.05) is 18.2 Å². The smallest absolute Gasteiger partial charge is 0.104 e. The molecule has 0 aromatic heterocycles. The minimum Gasteiger partial charge on any atom is -0.384 e. The van der Waals surface area contributed by atoms with E-state index in [0.29, 0.717) is 5.92 Å². The molecule has 0 heterocycles. The van der Waals surface area contributed by atoms with Crippen molar-refractivity contribution in [2.75, 3.05) is 0 Å². The molecule has 3 aromatic rings. The molecule has 0 radical (unpaired) electrons. The summed E-state index contributed by atoms with van der Waals surface area (Å²) in [5.74, 6) is 0.554. The van der Waals surface area contributed by atoms with Gasteiger partial charge in [0.25, 0.3) is 0 Å². The van der Waals surface area contributed by atoms with E-state index >= 15 is 0 Å². The molecule has 3 aromatic carbocycles. The maximum absolute atomic E-state index is 11.0. The van der Waals surface area contributed by atoms with Gasteiger partial charge in [-0.2, -0.15) is 0 Å². The van der Waals surface area contributed by atoms with Crippen molar-refractivity contribution in [3.8, 4) is 0 Å². The standard InChI is InChI=1S/C25H28O/c1-16-24(2,3)21-13-12-20(15-22(21)25(16,4)5)23(26)19-11-10-17-8-6-7-9-18(17)14-19/h6-16,23,26H,1-5H3. The monoisotopic (exact) mass is 344 g/mol. The van der Waals surface area contributed by atoms with Crippen LogP contribution in [-0.2, 0) is 10.8 Å². The first kappa shape index (κ1) is 17.3. The summed E-state index contributed by atoms with van der Waals surface area (Å²) >= 11 is 0. The summed E-state index contributed by atoms with van der Waals surface area (Å²) in [6, 6.07) is 21.1. The Hall–Kier alpha value is -2.12. The van der Waals surface area contributed by atoms with Gasteiger partial charge in [-0.1, -0.05) is 89.2 Å². The number of fused-ring (bicyclic) bond motifs is 2. The molecule has 4 rings (SSSR count). The summed E-state index contributed by atoms with van der Waals surface area (Å²) in [6.45, 7) is 11.7. The summed E-state index contributed by atoms with van der Waals surface area (Å²) in [5, 5.41) is 13.4. The van der Waals surface area contributed by atoms with Gasteiger partial charge in [-0.25, -0.2) is 0 Å². The molecule has 1 aliphatic carbocycles. The number of aliphatic hydroxyl groups excluding tert-OH is 1. The summed E-state index contributed by atoms with van der Waals surface area (Å²) in [4.78, 5) is 0. The van der Waals surface area contributed by atoms with Crippen molar-refractivity contribution in [3.05, 3.63) is 82.9 Å². The molecule has 0 fully saturated rings. The van der Waals surface area contributed by atoms with Crippen molar-refractivity contribution in [2.24, 2.45) is 5.92 Å². The van der Waals surface area contributed by atoms with Crippen molar-refractivity contribution >= 4 is 10.8 Å². The van der Waals surface area contributed by atoms with Crippen LogP contribution in [0.1, 0.15) is 63.0 Å². The lowest BCUT2D eigenvalue weighted by atomic mass is 9.71. The fraction of sp³-hybridized carbons (Fsp3) is 0.360. The third-order valence-electron chi connectivity index (χ3n) is 7.00. The highest BCUT2D eigenvalue weighted by molar-refractivity contribution is 5.83. The Bertz CT molecular complexity index is 980. The lowest BCUT2D eigenvalue weighted by molar-refractivity contribution is 0.220. The van der Waals surface area contributed by atoms with Crippen molar-refractivity contribution in [1.82, 2.24) is 0 Å². The quantitative estimate of drug-likeness (QED) is 0.593. The molecule has 1 N–H and O–H groups in total. The Balaban J connectivity index is 1.78. The van der Waals surface area contributed by atoms with Crippen LogP contribution < -0.4 is 0 Å². The van der Waals surface area contributed by atoms with E-state index in [-0.39, 0.29) is 10.8 Å². The third-order valence-corrected chi connectivity index (χ3v) is 7.00. The molecule has 1 aliphatic rings. The Morgan fingerprint density at radius 3 is 2.04 bits per heavy atom. The average Bonchev–Trinajstić information content (AvgIpc) is 2.78. The second-order valence-electron chi connectivity index (χ2n) is 8.98. The van der Waals surface area contributed by atoms with Gasteiger partial charge < -0.3 is 5.11 Å². The summed E-state index contributed by atoms with van der Waals surface area (Å²) in [7, 11) is 0. The van der Waals surface area contributed by atoms with Gasteiger partial charge in [-0.05, 0) is 55.8 Å². The molecule has 0 saturated carbocycles. The lowest BCUT2D eigenvalue weighted by Gasteiger charge is -2.32. The second kappa shape index (κ2) is 5.69. The molecular weight excluding hydrogens is 316 g/mol. The van der Waals surface area contributed by atoms with Crippen LogP contribution in [0.5, 0.6) is 0 Å². The topological polar surface area (TPSA) is 20.2 Å². The van der Waals surface area contributed by atoms with Crippen molar-refractivity contribution in [1.29, 1.82) is 0 Å². The Morgan fingerprint density at radius 2 is 1.31 bits per heavy atom. The van der Waals surface area contributed by atoms with E-state index in [0.717, 1.165) is 11.1 Å². The Labute approximate surface area is 156 Å². The molecule has 0 amide bonds. The molecule has 26 heavy (non-hydrogen) atoms. The summed E-state index contributed by atoms with van der Waals surface area (Å²) in [6.07, 6.45) is -0.597. The molecule has 1 heteroatoms. The van der Waals surface area contributed by atoms with E-state index in [2.05, 4.69) is 77.1 Å². The first-order chi connectivity index (χ1) is 12.2. The number of hydrogen-bond acceptors (Lipinski definition) is 1. The minimum absolute atomic E-state index is 0.109. The van der Waals surface area contributed by atoms with Crippen LogP contribution in [0.25, 0.3) is 10.8 Å². The summed E-state index contributed by atoms with van der Waals surface area (Å²) in [5.41, 5.74) is 5.00. The van der Waals surface area contributed by atoms with Gasteiger partial charge in [0.15, 0.2) is 0 Å². The van der Waals surface area contributed by atoms with E-state index in [1.165, 1.54) is 21.9 Å². The van der Waals surface area contributed by atoms with Crippen LogP contribution in [-0.4, -0.2) is 5.11 Å². The van der Waals surface area contributed by atoms with E-state index in [1.54, 1.807) is 0 Å². The maximum Gasteiger partial charge on any atom is 0.104 e. The number of hydrogen-bond donors (Lipinski definition) is 1. The van der Waals surface area contributed by atoms with Crippen LogP contribution >= 0.6 is 0 Å². The number of rotatable bonds is 2. The fourth-order valence-corrected chi connectivity index (χ4v) is 4.77. The fourth-order valence-electron chi connectivity index (χ4n) is 4.77. The highest BCUT2D eigenvalue weighted by atomic mass is 16.3. The number of benzene rings is 3. The van der Waals surface area contributed by atoms with Gasteiger partial charge in [0, 0.05) is 0 Å².